The lowest BCUT2D eigenvalue weighted by atomic mass is 10.1. The highest BCUT2D eigenvalue weighted by atomic mass is 16.5. The van der Waals surface area contributed by atoms with Gasteiger partial charge < -0.3 is 14.5 Å². The summed E-state index contributed by atoms with van der Waals surface area (Å²) in [5.74, 6) is 0.117. The standard InChI is InChI=1S/C21H34N2O2/c1-4-23-15-10-6-9-14-22(16-13-19-11-7-5-8-12-19)17-18-25-21(2,3)20(23)24/h5,7-8,11-12H,4,6,9-10,13-18H2,1-3H3. The molecule has 1 aromatic carbocycles. The van der Waals surface area contributed by atoms with Crippen molar-refractivity contribution < 1.29 is 9.53 Å². The van der Waals surface area contributed by atoms with Crippen LogP contribution in [0.5, 0.6) is 0 Å². The predicted octanol–water partition coefficient (Wildman–Crippen LogP) is 3.36. The molecule has 25 heavy (non-hydrogen) atoms. The lowest BCUT2D eigenvalue weighted by molar-refractivity contribution is -0.154. The number of carbonyl (C=O) groups excluding carboxylic acids is 1. The summed E-state index contributed by atoms with van der Waals surface area (Å²) < 4.78 is 6.00. The lowest BCUT2D eigenvalue weighted by Gasteiger charge is -2.33. The quantitative estimate of drug-likeness (QED) is 0.838. The molecule has 1 aliphatic rings. The third-order valence-corrected chi connectivity index (χ3v) is 5.02. The number of carbonyl (C=O) groups is 1. The van der Waals surface area contributed by atoms with Crippen LogP contribution in [-0.4, -0.2) is 60.6 Å². The Kier molecular flexibility index (Phi) is 7.91. The van der Waals surface area contributed by atoms with E-state index >= 15 is 0 Å². The highest BCUT2D eigenvalue weighted by molar-refractivity contribution is 5.84. The summed E-state index contributed by atoms with van der Waals surface area (Å²) in [7, 11) is 0. The molecule has 4 heteroatoms. The molecular formula is C21H34N2O2. The second kappa shape index (κ2) is 9.93. The van der Waals surface area contributed by atoms with Gasteiger partial charge in [0.2, 0.25) is 0 Å². The van der Waals surface area contributed by atoms with Crippen molar-refractivity contribution in [2.45, 2.75) is 52.1 Å². The molecule has 140 valence electrons. The number of rotatable bonds is 4. The van der Waals surface area contributed by atoms with E-state index < -0.39 is 5.60 Å². The minimum atomic E-state index is -0.736. The number of benzene rings is 1. The Morgan fingerprint density at radius 3 is 2.48 bits per heavy atom. The fourth-order valence-electron chi connectivity index (χ4n) is 3.36. The largest absolute Gasteiger partial charge is 0.364 e. The fraction of sp³-hybridized carbons (Fsp3) is 0.667. The zero-order valence-corrected chi connectivity index (χ0v) is 16.2. The summed E-state index contributed by atoms with van der Waals surface area (Å²) in [5, 5.41) is 0. The molecule has 1 aliphatic heterocycles. The molecule has 0 bridgehead atoms. The Morgan fingerprint density at radius 1 is 1.04 bits per heavy atom. The first-order valence-corrected chi connectivity index (χ1v) is 9.72. The monoisotopic (exact) mass is 346 g/mol. The number of hydrogen-bond donors (Lipinski definition) is 0. The molecule has 1 amide bonds. The molecule has 0 aromatic heterocycles. The van der Waals surface area contributed by atoms with Crippen molar-refractivity contribution in [2.75, 3.05) is 39.3 Å². The summed E-state index contributed by atoms with van der Waals surface area (Å²) >= 11 is 0. The molecule has 1 heterocycles. The lowest BCUT2D eigenvalue weighted by Crippen LogP contribution is -2.48. The Balaban J connectivity index is 1.92. The molecule has 0 N–H and O–H groups in total. The van der Waals surface area contributed by atoms with E-state index in [1.54, 1.807) is 0 Å². The van der Waals surface area contributed by atoms with Crippen LogP contribution in [0.15, 0.2) is 30.3 Å². The maximum Gasteiger partial charge on any atom is 0.254 e. The van der Waals surface area contributed by atoms with Crippen molar-refractivity contribution in [3.8, 4) is 0 Å². The predicted molar refractivity (Wildman–Crippen MR) is 103 cm³/mol. The third-order valence-electron chi connectivity index (χ3n) is 5.02. The first kappa shape index (κ1) is 19.9. The molecule has 0 atom stereocenters. The first-order valence-electron chi connectivity index (χ1n) is 9.72. The van der Waals surface area contributed by atoms with E-state index in [0.29, 0.717) is 6.61 Å². The van der Waals surface area contributed by atoms with E-state index in [-0.39, 0.29) is 5.91 Å². The Labute approximate surface area is 153 Å². The van der Waals surface area contributed by atoms with Crippen molar-refractivity contribution in [1.82, 2.24) is 9.80 Å². The molecule has 1 saturated heterocycles. The van der Waals surface area contributed by atoms with Gasteiger partial charge in [-0.2, -0.15) is 0 Å². The first-order chi connectivity index (χ1) is 12.0. The van der Waals surface area contributed by atoms with Gasteiger partial charge in [0.05, 0.1) is 6.61 Å². The van der Waals surface area contributed by atoms with Crippen molar-refractivity contribution in [3.05, 3.63) is 35.9 Å². The Morgan fingerprint density at radius 2 is 1.76 bits per heavy atom. The molecule has 0 unspecified atom stereocenters. The van der Waals surface area contributed by atoms with Crippen LogP contribution in [0, 0.1) is 0 Å². The Hall–Kier alpha value is -1.39. The van der Waals surface area contributed by atoms with Gasteiger partial charge in [0.25, 0.3) is 5.91 Å². The number of hydrogen-bond acceptors (Lipinski definition) is 3. The topological polar surface area (TPSA) is 32.8 Å². The normalized spacial score (nSPS) is 20.8. The highest BCUT2D eigenvalue weighted by Gasteiger charge is 2.32. The van der Waals surface area contributed by atoms with Gasteiger partial charge in [0, 0.05) is 26.2 Å². The summed E-state index contributed by atoms with van der Waals surface area (Å²) in [6.45, 7) is 11.1. The van der Waals surface area contributed by atoms with E-state index in [1.807, 2.05) is 25.7 Å². The van der Waals surface area contributed by atoms with Crippen LogP contribution in [-0.2, 0) is 16.0 Å². The average Bonchev–Trinajstić information content (AvgIpc) is 2.61. The van der Waals surface area contributed by atoms with Crippen LogP contribution >= 0.6 is 0 Å². The smallest absolute Gasteiger partial charge is 0.254 e. The molecule has 0 saturated carbocycles. The molecule has 1 fully saturated rings. The summed E-state index contributed by atoms with van der Waals surface area (Å²) in [5.41, 5.74) is 0.643. The van der Waals surface area contributed by atoms with Gasteiger partial charge in [-0.3, -0.25) is 4.79 Å². The molecular weight excluding hydrogens is 312 g/mol. The van der Waals surface area contributed by atoms with Crippen LogP contribution in [0.2, 0.25) is 0 Å². The van der Waals surface area contributed by atoms with Crippen molar-refractivity contribution in [3.63, 3.8) is 0 Å². The van der Waals surface area contributed by atoms with Crippen LogP contribution in [0.4, 0.5) is 0 Å². The Bertz CT molecular complexity index is 516. The van der Waals surface area contributed by atoms with Crippen LogP contribution in [0.3, 0.4) is 0 Å². The maximum absolute atomic E-state index is 12.7. The second-order valence-corrected chi connectivity index (χ2v) is 7.38. The van der Waals surface area contributed by atoms with Crippen LogP contribution in [0.1, 0.15) is 45.6 Å². The number of ether oxygens (including phenoxy) is 1. The average molecular weight is 347 g/mol. The minimum Gasteiger partial charge on any atom is -0.364 e. The maximum atomic E-state index is 12.7. The summed E-state index contributed by atoms with van der Waals surface area (Å²) in [6.07, 6.45) is 4.49. The highest BCUT2D eigenvalue weighted by Crippen LogP contribution is 2.16. The SMILES string of the molecule is CCN1CCCCCN(CCc2ccccc2)CCOC(C)(C)C1=O. The second-order valence-electron chi connectivity index (χ2n) is 7.38. The van der Waals surface area contributed by atoms with Gasteiger partial charge in [-0.25, -0.2) is 0 Å². The van der Waals surface area contributed by atoms with Gasteiger partial charge in [0.15, 0.2) is 0 Å². The van der Waals surface area contributed by atoms with E-state index in [0.717, 1.165) is 45.6 Å². The minimum absolute atomic E-state index is 0.117. The summed E-state index contributed by atoms with van der Waals surface area (Å²) in [6, 6.07) is 10.6. The summed E-state index contributed by atoms with van der Waals surface area (Å²) in [4.78, 5) is 17.1. The molecule has 0 spiro atoms. The molecule has 2 rings (SSSR count). The van der Waals surface area contributed by atoms with E-state index in [2.05, 4.69) is 35.2 Å². The molecule has 0 aliphatic carbocycles. The van der Waals surface area contributed by atoms with Crippen LogP contribution < -0.4 is 0 Å². The van der Waals surface area contributed by atoms with Crippen molar-refractivity contribution in [1.29, 1.82) is 0 Å². The van der Waals surface area contributed by atoms with E-state index in [4.69, 9.17) is 4.74 Å². The van der Waals surface area contributed by atoms with Gasteiger partial charge in [-0.05, 0) is 52.1 Å². The molecule has 0 radical (unpaired) electrons. The zero-order chi connectivity index (χ0) is 18.1. The van der Waals surface area contributed by atoms with Gasteiger partial charge in [0.1, 0.15) is 5.60 Å². The fourth-order valence-corrected chi connectivity index (χ4v) is 3.36. The van der Waals surface area contributed by atoms with Crippen LogP contribution in [0.25, 0.3) is 0 Å². The molecule has 1 aromatic rings. The number of likely N-dealkylation sites (N-methyl/N-ethyl adjacent to an activating group) is 1. The third kappa shape index (κ3) is 6.44. The van der Waals surface area contributed by atoms with Gasteiger partial charge >= 0.3 is 0 Å². The number of nitrogens with zero attached hydrogens (tertiary/aromatic N) is 2. The van der Waals surface area contributed by atoms with Gasteiger partial charge in [-0.1, -0.05) is 36.8 Å². The van der Waals surface area contributed by atoms with Gasteiger partial charge in [-0.15, -0.1) is 0 Å². The molecule has 4 nitrogen and oxygen atoms in total. The van der Waals surface area contributed by atoms with Crippen molar-refractivity contribution in [2.24, 2.45) is 0 Å². The van der Waals surface area contributed by atoms with E-state index in [9.17, 15) is 4.79 Å². The van der Waals surface area contributed by atoms with Crippen molar-refractivity contribution >= 4 is 5.91 Å². The zero-order valence-electron chi connectivity index (χ0n) is 16.2. The number of amides is 1. The van der Waals surface area contributed by atoms with E-state index in [1.165, 1.54) is 18.4 Å².